The fourth-order valence-electron chi connectivity index (χ4n) is 3.89. The fourth-order valence-corrected chi connectivity index (χ4v) is 7.78. The predicted molar refractivity (Wildman–Crippen MR) is 150 cm³/mol. The minimum atomic E-state index is -4.19. The van der Waals surface area contributed by atoms with Crippen molar-refractivity contribution in [3.63, 3.8) is 0 Å². The summed E-state index contributed by atoms with van der Waals surface area (Å²) >= 11 is 4.16. The Morgan fingerprint density at radius 2 is 2.00 bits per heavy atom. The standard InChI is InChI=1S/C23H29BrF2N6O4S2Si/c1-27-23(6-7-23)32(14-36-10-11-39(3,4)5)38(33,34)15-12-16-18(17(24)13-15)30-31(8-9-35-2)19(16)21-28-29-22(37-21)20(25)26/h12-13,20H,6-11,14H2,2-5H3. The summed E-state index contributed by atoms with van der Waals surface area (Å²) in [4.78, 5) is 3.58. The third-order valence-electron chi connectivity index (χ3n) is 6.27. The Kier molecular flexibility index (Phi) is 8.91. The van der Waals surface area contributed by atoms with Gasteiger partial charge in [-0.05, 0) is 34.1 Å². The van der Waals surface area contributed by atoms with Crippen LogP contribution in [0.4, 0.5) is 8.78 Å². The molecule has 212 valence electrons. The van der Waals surface area contributed by atoms with Gasteiger partial charge in [-0.3, -0.25) is 9.53 Å². The number of rotatable bonds is 13. The number of halogens is 3. The molecule has 0 atom stereocenters. The Labute approximate surface area is 239 Å². The number of ether oxygens (including phenoxy) is 2. The van der Waals surface area contributed by atoms with Crippen molar-refractivity contribution in [1.82, 2.24) is 24.3 Å². The second-order valence-corrected chi connectivity index (χ2v) is 19.8. The number of hydrogen-bond donors (Lipinski definition) is 0. The van der Waals surface area contributed by atoms with Crippen molar-refractivity contribution < 1.29 is 26.7 Å². The Bertz CT molecular complexity index is 1500. The van der Waals surface area contributed by atoms with Crippen LogP contribution < -0.4 is 0 Å². The Morgan fingerprint density at radius 1 is 1.28 bits per heavy atom. The van der Waals surface area contributed by atoms with Crippen LogP contribution in [0.3, 0.4) is 0 Å². The topological polar surface area (TPSA) is 104 Å². The van der Waals surface area contributed by atoms with Crippen molar-refractivity contribution in [2.24, 2.45) is 0 Å². The second-order valence-electron chi connectivity index (χ2n) is 10.4. The third kappa shape index (κ3) is 6.39. The molecule has 0 saturated heterocycles. The molecule has 39 heavy (non-hydrogen) atoms. The predicted octanol–water partition coefficient (Wildman–Crippen LogP) is 5.61. The van der Waals surface area contributed by atoms with Crippen molar-refractivity contribution >= 4 is 56.3 Å². The molecule has 0 amide bonds. The molecule has 0 spiro atoms. The van der Waals surface area contributed by atoms with Crippen LogP contribution in [0.25, 0.3) is 26.4 Å². The van der Waals surface area contributed by atoms with Gasteiger partial charge in [0, 0.05) is 31.6 Å². The van der Waals surface area contributed by atoms with Gasteiger partial charge in [0.15, 0.2) is 10.0 Å². The van der Waals surface area contributed by atoms with Crippen LogP contribution in [0, 0.1) is 6.57 Å². The van der Waals surface area contributed by atoms with E-state index in [4.69, 9.17) is 16.0 Å². The van der Waals surface area contributed by atoms with Crippen molar-refractivity contribution in [2.45, 2.75) is 62.1 Å². The van der Waals surface area contributed by atoms with Crippen molar-refractivity contribution in [1.29, 1.82) is 0 Å². The smallest absolute Gasteiger partial charge is 0.303 e. The lowest BCUT2D eigenvalue weighted by atomic mass is 10.2. The third-order valence-corrected chi connectivity index (χ3v) is 11.4. The molecule has 1 fully saturated rings. The van der Waals surface area contributed by atoms with Gasteiger partial charge in [0.25, 0.3) is 16.4 Å². The molecule has 16 heteroatoms. The molecule has 4 rings (SSSR count). The Balaban J connectivity index is 1.80. The number of fused-ring (bicyclic) bond motifs is 1. The molecule has 1 saturated carbocycles. The van der Waals surface area contributed by atoms with E-state index in [0.717, 1.165) is 10.3 Å². The Hall–Kier alpha value is -1.87. The van der Waals surface area contributed by atoms with Crippen LogP contribution in [0.2, 0.25) is 25.7 Å². The largest absolute Gasteiger partial charge is 0.383 e. The number of sulfonamides is 1. The molecule has 0 bridgehead atoms. The molecular formula is C23H29BrF2N6O4S2Si. The van der Waals surface area contributed by atoms with E-state index < -0.39 is 35.2 Å². The number of hydrogen-bond acceptors (Lipinski definition) is 8. The summed E-state index contributed by atoms with van der Waals surface area (Å²) in [5.41, 5.74) is -0.400. The lowest BCUT2D eigenvalue weighted by molar-refractivity contribution is 0.0642. The van der Waals surface area contributed by atoms with E-state index in [2.05, 4.69) is 55.7 Å². The molecule has 0 N–H and O–H groups in total. The van der Waals surface area contributed by atoms with Gasteiger partial charge in [0.2, 0.25) is 0 Å². The van der Waals surface area contributed by atoms with Gasteiger partial charge < -0.3 is 9.47 Å². The number of alkyl halides is 2. The summed E-state index contributed by atoms with van der Waals surface area (Å²) in [6.07, 6.45) is -1.96. The zero-order valence-corrected chi connectivity index (χ0v) is 26.2. The van der Waals surface area contributed by atoms with Crippen LogP contribution in [-0.2, 0) is 26.0 Å². The van der Waals surface area contributed by atoms with Crippen LogP contribution >= 0.6 is 27.3 Å². The van der Waals surface area contributed by atoms with Gasteiger partial charge in [-0.25, -0.2) is 23.8 Å². The van der Waals surface area contributed by atoms with E-state index in [1.165, 1.54) is 19.2 Å². The maximum Gasteiger partial charge on any atom is 0.303 e. The van der Waals surface area contributed by atoms with E-state index in [-0.39, 0.29) is 29.8 Å². The van der Waals surface area contributed by atoms with E-state index in [1.807, 2.05) is 0 Å². The zero-order valence-electron chi connectivity index (χ0n) is 21.9. The molecule has 2 heterocycles. The molecule has 2 aromatic heterocycles. The first-order valence-corrected chi connectivity index (χ1v) is 18.9. The maximum absolute atomic E-state index is 14.0. The normalized spacial score (nSPS) is 15.4. The highest BCUT2D eigenvalue weighted by Gasteiger charge is 2.61. The molecule has 1 aliphatic rings. The van der Waals surface area contributed by atoms with Gasteiger partial charge in [-0.1, -0.05) is 35.3 Å². The molecule has 0 radical (unpaired) electrons. The summed E-state index contributed by atoms with van der Waals surface area (Å²) in [6, 6.07) is 3.74. The average Bonchev–Trinajstić information content (AvgIpc) is 3.31. The summed E-state index contributed by atoms with van der Waals surface area (Å²) < 4.78 is 68.6. The molecular weight excluding hydrogens is 634 g/mol. The lowest BCUT2D eigenvalue weighted by Gasteiger charge is -2.24. The fraction of sp³-hybridized carbons (Fsp3) is 0.565. The van der Waals surface area contributed by atoms with Crippen LogP contribution in [-0.4, -0.2) is 73.5 Å². The highest BCUT2D eigenvalue weighted by atomic mass is 79.9. The molecule has 3 aromatic rings. The quantitative estimate of drug-likeness (QED) is 0.101. The maximum atomic E-state index is 14.0. The summed E-state index contributed by atoms with van der Waals surface area (Å²) in [5, 5.41) is 12.2. The van der Waals surface area contributed by atoms with Crippen LogP contribution in [0.1, 0.15) is 24.3 Å². The summed E-state index contributed by atoms with van der Waals surface area (Å²) in [7, 11) is -4.07. The van der Waals surface area contributed by atoms with Crippen molar-refractivity contribution in [3.8, 4) is 10.7 Å². The van der Waals surface area contributed by atoms with E-state index in [0.29, 0.717) is 51.9 Å². The molecule has 1 aliphatic carbocycles. The molecule has 10 nitrogen and oxygen atoms in total. The lowest BCUT2D eigenvalue weighted by Crippen LogP contribution is -2.42. The minimum Gasteiger partial charge on any atom is -0.383 e. The monoisotopic (exact) mass is 662 g/mol. The van der Waals surface area contributed by atoms with Crippen molar-refractivity contribution in [3.05, 3.63) is 33.0 Å². The minimum absolute atomic E-state index is 0.0725. The summed E-state index contributed by atoms with van der Waals surface area (Å²) in [5.74, 6) is 0. The number of nitrogens with zero attached hydrogens (tertiary/aromatic N) is 6. The number of aromatic nitrogens is 4. The molecule has 1 aromatic carbocycles. The van der Waals surface area contributed by atoms with Gasteiger partial charge >= 0.3 is 5.66 Å². The first kappa shape index (κ1) is 30.1. The number of benzene rings is 1. The van der Waals surface area contributed by atoms with Crippen molar-refractivity contribution in [2.75, 3.05) is 27.1 Å². The van der Waals surface area contributed by atoms with E-state index in [1.54, 1.807) is 4.68 Å². The van der Waals surface area contributed by atoms with Gasteiger partial charge in [-0.2, -0.15) is 5.10 Å². The summed E-state index contributed by atoms with van der Waals surface area (Å²) in [6.45, 7) is 15.0. The first-order chi connectivity index (χ1) is 18.3. The van der Waals surface area contributed by atoms with Crippen LogP contribution in [0.15, 0.2) is 21.5 Å². The average molecular weight is 664 g/mol. The van der Waals surface area contributed by atoms with E-state index >= 15 is 0 Å². The van der Waals surface area contributed by atoms with E-state index in [9.17, 15) is 17.2 Å². The van der Waals surface area contributed by atoms with Crippen LogP contribution in [0.5, 0.6) is 0 Å². The molecule has 0 unspecified atom stereocenters. The van der Waals surface area contributed by atoms with Gasteiger partial charge in [0.1, 0.15) is 17.9 Å². The Morgan fingerprint density at radius 3 is 2.56 bits per heavy atom. The highest BCUT2D eigenvalue weighted by Crippen LogP contribution is 2.47. The van der Waals surface area contributed by atoms with Gasteiger partial charge in [0.05, 0.1) is 30.9 Å². The first-order valence-electron chi connectivity index (χ1n) is 12.1. The number of methoxy groups -OCH3 is 1. The highest BCUT2D eigenvalue weighted by molar-refractivity contribution is 9.10. The SMILES string of the molecule is [C-]#[N+]C1(N(COCC[Si](C)(C)C)S(=O)(=O)c2cc(Br)c3nn(CCOC)c(-c4nnc(C(F)F)s4)c3c2)CC1. The molecule has 0 aliphatic heterocycles. The van der Waals surface area contributed by atoms with Gasteiger partial charge in [-0.15, -0.1) is 10.2 Å². The second kappa shape index (κ2) is 11.5. The zero-order chi connectivity index (χ0) is 28.6.